The summed E-state index contributed by atoms with van der Waals surface area (Å²) in [6, 6.07) is 0.244. The number of rotatable bonds is 7. The fourth-order valence-corrected chi connectivity index (χ4v) is 3.78. The first kappa shape index (κ1) is 16.5. The van der Waals surface area contributed by atoms with Crippen LogP contribution in [-0.2, 0) is 17.7 Å². The smallest absolute Gasteiger partial charge is 0.226 e. The van der Waals surface area contributed by atoms with Gasteiger partial charge in [-0.25, -0.2) is 4.98 Å². The molecule has 0 radical (unpaired) electrons. The van der Waals surface area contributed by atoms with Crippen LogP contribution < -0.4 is 0 Å². The highest BCUT2D eigenvalue weighted by molar-refractivity contribution is 7.09. The molecular formula is C16H24N4O2S. The zero-order valence-electron chi connectivity index (χ0n) is 14.0. The van der Waals surface area contributed by atoms with E-state index in [1.807, 2.05) is 13.8 Å². The summed E-state index contributed by atoms with van der Waals surface area (Å²) in [6.45, 7) is 8.68. The second kappa shape index (κ2) is 7.51. The number of ether oxygens (including phenoxy) is 1. The highest BCUT2D eigenvalue weighted by Gasteiger charge is 2.30. The Bertz CT molecular complexity index is 627. The first-order valence-electron chi connectivity index (χ1n) is 8.33. The summed E-state index contributed by atoms with van der Waals surface area (Å²) >= 11 is 1.67. The van der Waals surface area contributed by atoms with Crippen molar-refractivity contribution in [1.82, 2.24) is 20.0 Å². The van der Waals surface area contributed by atoms with Crippen LogP contribution in [0.15, 0.2) is 9.90 Å². The van der Waals surface area contributed by atoms with E-state index >= 15 is 0 Å². The number of hydrogen-bond donors (Lipinski definition) is 0. The SMILES string of the molecule is CCO[C@@H](C)c1nc(CN2CCC[C@@H]2c2noc(CC)n2)cs1. The van der Waals surface area contributed by atoms with E-state index in [0.717, 1.165) is 48.9 Å². The number of hydrogen-bond acceptors (Lipinski definition) is 7. The standard InChI is InChI=1S/C16H24N4O2S/c1-4-14-18-15(19-22-14)13-7-6-8-20(13)9-12-10-23-16(17-12)11(3)21-5-2/h10-11,13H,4-9H2,1-3H3/t11-,13+/m0/s1. The minimum absolute atomic E-state index is 0.0671. The van der Waals surface area contributed by atoms with Crippen molar-refractivity contribution in [3.05, 3.63) is 27.8 Å². The Morgan fingerprint density at radius 2 is 2.30 bits per heavy atom. The molecule has 1 aliphatic heterocycles. The lowest BCUT2D eigenvalue weighted by molar-refractivity contribution is 0.0760. The molecule has 0 amide bonds. The Morgan fingerprint density at radius 3 is 3.04 bits per heavy atom. The van der Waals surface area contributed by atoms with Gasteiger partial charge in [0.25, 0.3) is 0 Å². The van der Waals surface area contributed by atoms with Gasteiger partial charge in [0.2, 0.25) is 5.89 Å². The van der Waals surface area contributed by atoms with Crippen LogP contribution in [0, 0.1) is 0 Å². The van der Waals surface area contributed by atoms with Crippen molar-refractivity contribution in [2.24, 2.45) is 0 Å². The van der Waals surface area contributed by atoms with Crippen molar-refractivity contribution in [2.45, 2.75) is 58.7 Å². The number of aryl methyl sites for hydroxylation is 1. The van der Waals surface area contributed by atoms with Crippen LogP contribution in [0.4, 0.5) is 0 Å². The Kier molecular flexibility index (Phi) is 5.40. The minimum Gasteiger partial charge on any atom is -0.372 e. The first-order chi connectivity index (χ1) is 11.2. The van der Waals surface area contributed by atoms with E-state index < -0.39 is 0 Å². The Labute approximate surface area is 140 Å². The lowest BCUT2D eigenvalue weighted by Crippen LogP contribution is -2.23. The van der Waals surface area contributed by atoms with Gasteiger partial charge in [0.15, 0.2) is 5.82 Å². The molecule has 3 rings (SSSR count). The largest absolute Gasteiger partial charge is 0.372 e. The quantitative estimate of drug-likeness (QED) is 0.771. The van der Waals surface area contributed by atoms with Gasteiger partial charge in [-0.1, -0.05) is 12.1 Å². The van der Waals surface area contributed by atoms with Gasteiger partial charge in [0, 0.05) is 25.0 Å². The fourth-order valence-electron chi connectivity index (χ4n) is 2.97. The van der Waals surface area contributed by atoms with Crippen molar-refractivity contribution in [1.29, 1.82) is 0 Å². The third kappa shape index (κ3) is 3.79. The molecule has 1 fully saturated rings. The third-order valence-electron chi connectivity index (χ3n) is 4.15. The van der Waals surface area contributed by atoms with E-state index in [2.05, 4.69) is 27.3 Å². The van der Waals surface area contributed by atoms with Crippen LogP contribution in [0.3, 0.4) is 0 Å². The number of aromatic nitrogens is 3. The van der Waals surface area contributed by atoms with Crippen molar-refractivity contribution in [3.8, 4) is 0 Å². The van der Waals surface area contributed by atoms with E-state index in [9.17, 15) is 0 Å². The van der Waals surface area contributed by atoms with E-state index in [1.165, 1.54) is 0 Å². The van der Waals surface area contributed by atoms with Gasteiger partial charge in [-0.05, 0) is 33.2 Å². The summed E-state index contributed by atoms with van der Waals surface area (Å²) in [5, 5.41) is 7.33. The third-order valence-corrected chi connectivity index (χ3v) is 5.20. The number of thiazole rings is 1. The van der Waals surface area contributed by atoms with Crippen LogP contribution in [0.25, 0.3) is 0 Å². The Morgan fingerprint density at radius 1 is 1.43 bits per heavy atom. The summed E-state index contributed by atoms with van der Waals surface area (Å²) in [5.41, 5.74) is 1.10. The van der Waals surface area contributed by atoms with Gasteiger partial charge in [-0.15, -0.1) is 11.3 Å². The monoisotopic (exact) mass is 336 g/mol. The molecule has 0 saturated carbocycles. The molecule has 2 atom stereocenters. The second-order valence-corrected chi connectivity index (χ2v) is 6.69. The van der Waals surface area contributed by atoms with Gasteiger partial charge in [0.05, 0.1) is 11.7 Å². The molecule has 0 N–H and O–H groups in total. The van der Waals surface area contributed by atoms with Gasteiger partial charge in [-0.3, -0.25) is 4.90 Å². The molecule has 7 heteroatoms. The molecular weight excluding hydrogens is 312 g/mol. The lowest BCUT2D eigenvalue weighted by Gasteiger charge is -2.20. The van der Waals surface area contributed by atoms with E-state index in [1.54, 1.807) is 11.3 Å². The van der Waals surface area contributed by atoms with Crippen molar-refractivity contribution in [2.75, 3.05) is 13.2 Å². The molecule has 2 aromatic heterocycles. The summed E-state index contributed by atoms with van der Waals surface area (Å²) in [7, 11) is 0. The normalized spacial score (nSPS) is 20.2. The molecule has 2 aromatic rings. The maximum absolute atomic E-state index is 5.62. The minimum atomic E-state index is 0.0671. The predicted molar refractivity (Wildman–Crippen MR) is 88.2 cm³/mol. The number of likely N-dealkylation sites (tertiary alicyclic amines) is 1. The molecule has 0 aliphatic carbocycles. The molecule has 0 aromatic carbocycles. The summed E-state index contributed by atoms with van der Waals surface area (Å²) in [5.74, 6) is 1.53. The summed E-state index contributed by atoms with van der Waals surface area (Å²) < 4.78 is 10.9. The fraction of sp³-hybridized carbons (Fsp3) is 0.688. The zero-order valence-corrected chi connectivity index (χ0v) is 14.8. The molecule has 0 unspecified atom stereocenters. The molecule has 3 heterocycles. The maximum Gasteiger partial charge on any atom is 0.226 e. The van der Waals surface area contributed by atoms with Crippen LogP contribution in [0.2, 0.25) is 0 Å². The average Bonchev–Trinajstić information content (AvgIpc) is 3.27. The Balaban J connectivity index is 1.66. The molecule has 1 aliphatic rings. The topological polar surface area (TPSA) is 64.3 Å². The van der Waals surface area contributed by atoms with Gasteiger partial charge < -0.3 is 9.26 Å². The van der Waals surface area contributed by atoms with E-state index in [4.69, 9.17) is 14.2 Å². The van der Waals surface area contributed by atoms with Gasteiger partial charge >= 0.3 is 0 Å². The number of nitrogens with zero attached hydrogens (tertiary/aromatic N) is 4. The molecule has 0 bridgehead atoms. The Hall–Kier alpha value is -1.31. The lowest BCUT2D eigenvalue weighted by atomic mass is 10.2. The molecule has 0 spiro atoms. The predicted octanol–water partition coefficient (Wildman–Crippen LogP) is 3.52. The van der Waals surface area contributed by atoms with Crippen LogP contribution in [0.1, 0.15) is 68.2 Å². The van der Waals surface area contributed by atoms with E-state index in [0.29, 0.717) is 12.5 Å². The molecule has 23 heavy (non-hydrogen) atoms. The maximum atomic E-state index is 5.62. The zero-order chi connectivity index (χ0) is 16.2. The summed E-state index contributed by atoms with van der Waals surface area (Å²) in [6.07, 6.45) is 3.09. The molecule has 126 valence electrons. The average molecular weight is 336 g/mol. The van der Waals surface area contributed by atoms with Crippen molar-refractivity contribution < 1.29 is 9.26 Å². The van der Waals surface area contributed by atoms with Crippen molar-refractivity contribution in [3.63, 3.8) is 0 Å². The van der Waals surface area contributed by atoms with Crippen LogP contribution in [-0.4, -0.2) is 33.2 Å². The van der Waals surface area contributed by atoms with Crippen LogP contribution >= 0.6 is 11.3 Å². The van der Waals surface area contributed by atoms with Gasteiger partial charge in [0.1, 0.15) is 11.1 Å². The highest BCUT2D eigenvalue weighted by atomic mass is 32.1. The molecule has 6 nitrogen and oxygen atoms in total. The second-order valence-electron chi connectivity index (χ2n) is 5.80. The van der Waals surface area contributed by atoms with Gasteiger partial charge in [-0.2, -0.15) is 4.98 Å². The first-order valence-corrected chi connectivity index (χ1v) is 9.21. The van der Waals surface area contributed by atoms with Crippen LogP contribution in [0.5, 0.6) is 0 Å². The molecule has 1 saturated heterocycles. The van der Waals surface area contributed by atoms with E-state index in [-0.39, 0.29) is 12.1 Å². The highest BCUT2D eigenvalue weighted by Crippen LogP contribution is 2.32. The van der Waals surface area contributed by atoms with Crippen molar-refractivity contribution >= 4 is 11.3 Å². The summed E-state index contributed by atoms with van der Waals surface area (Å²) in [4.78, 5) is 11.6.